The fraction of sp³-hybridized carbons (Fsp3) is 0.292. The average Bonchev–Trinajstić information content (AvgIpc) is 3.38. The highest BCUT2D eigenvalue weighted by atomic mass is 32.2. The average molecular weight is 485 g/mol. The normalized spacial score (nSPS) is 15.9. The van der Waals surface area contributed by atoms with Gasteiger partial charge in [0.1, 0.15) is 10.1 Å². The van der Waals surface area contributed by atoms with Crippen molar-refractivity contribution in [2.24, 2.45) is 0 Å². The van der Waals surface area contributed by atoms with Gasteiger partial charge in [0.05, 0.1) is 17.7 Å². The zero-order valence-corrected chi connectivity index (χ0v) is 19.8. The Morgan fingerprint density at radius 1 is 1.18 bits per heavy atom. The molecule has 9 heteroatoms. The number of ether oxygens (including phenoxy) is 3. The van der Waals surface area contributed by atoms with Gasteiger partial charge in [-0.25, -0.2) is 0 Å². The summed E-state index contributed by atoms with van der Waals surface area (Å²) in [7, 11) is 1.57. The second-order valence-corrected chi connectivity index (χ2v) is 9.18. The van der Waals surface area contributed by atoms with Gasteiger partial charge in [0.25, 0.3) is 5.91 Å². The van der Waals surface area contributed by atoms with Crippen molar-refractivity contribution in [2.45, 2.75) is 25.7 Å². The van der Waals surface area contributed by atoms with Crippen LogP contribution in [0.2, 0.25) is 0 Å². The highest BCUT2D eigenvalue weighted by Gasteiger charge is 2.31. The molecule has 0 saturated carbocycles. The van der Waals surface area contributed by atoms with Gasteiger partial charge in [-0.3, -0.25) is 14.5 Å². The first kappa shape index (κ1) is 23.1. The lowest BCUT2D eigenvalue weighted by Crippen LogP contribution is -2.29. The molecule has 2 amide bonds. The summed E-state index contributed by atoms with van der Waals surface area (Å²) in [5.74, 6) is 1.87. The molecule has 0 atom stereocenters. The monoisotopic (exact) mass is 484 g/mol. The minimum atomic E-state index is -0.0865. The third kappa shape index (κ3) is 5.66. The first-order valence-electron chi connectivity index (χ1n) is 10.6. The van der Waals surface area contributed by atoms with E-state index in [-0.39, 0.29) is 18.6 Å². The molecule has 1 fully saturated rings. The van der Waals surface area contributed by atoms with Gasteiger partial charge in [0.15, 0.2) is 11.5 Å². The number of carbonyl (C=O) groups excluding carboxylic acids is 2. The molecule has 172 valence electrons. The van der Waals surface area contributed by atoms with E-state index in [1.807, 2.05) is 42.5 Å². The molecule has 2 heterocycles. The van der Waals surface area contributed by atoms with Crippen LogP contribution in [0.5, 0.6) is 17.2 Å². The molecule has 1 saturated heterocycles. The number of methoxy groups -OCH3 is 1. The highest BCUT2D eigenvalue weighted by Crippen LogP contribution is 2.36. The van der Waals surface area contributed by atoms with Gasteiger partial charge in [-0.15, -0.1) is 0 Å². The number of nitrogens with one attached hydrogen (secondary N) is 1. The van der Waals surface area contributed by atoms with Gasteiger partial charge < -0.3 is 19.5 Å². The lowest BCUT2D eigenvalue weighted by molar-refractivity contribution is -0.122. The van der Waals surface area contributed by atoms with Crippen molar-refractivity contribution < 1.29 is 23.8 Å². The van der Waals surface area contributed by atoms with Crippen LogP contribution in [0.1, 0.15) is 31.2 Å². The van der Waals surface area contributed by atoms with Crippen LogP contribution in [0.4, 0.5) is 5.69 Å². The Labute approximate surface area is 202 Å². The summed E-state index contributed by atoms with van der Waals surface area (Å²) in [4.78, 5) is 27.2. The topological polar surface area (TPSA) is 77.1 Å². The highest BCUT2D eigenvalue weighted by molar-refractivity contribution is 8.26. The molecule has 2 aliphatic heterocycles. The second-order valence-electron chi connectivity index (χ2n) is 7.51. The zero-order chi connectivity index (χ0) is 23.2. The number of nitrogens with zero attached hydrogens (tertiary/aromatic N) is 1. The van der Waals surface area contributed by atoms with E-state index in [0.717, 1.165) is 24.8 Å². The number of hydrogen-bond acceptors (Lipinski definition) is 7. The number of hydrogen-bond donors (Lipinski definition) is 1. The Balaban J connectivity index is 1.22. The van der Waals surface area contributed by atoms with Crippen LogP contribution >= 0.6 is 24.0 Å². The van der Waals surface area contributed by atoms with Crippen LogP contribution in [-0.2, 0) is 9.59 Å². The summed E-state index contributed by atoms with van der Waals surface area (Å²) >= 11 is 6.72. The van der Waals surface area contributed by atoms with Crippen LogP contribution in [0.15, 0.2) is 47.4 Å². The van der Waals surface area contributed by atoms with Crippen molar-refractivity contribution >= 4 is 51.9 Å². The fourth-order valence-electron chi connectivity index (χ4n) is 3.54. The van der Waals surface area contributed by atoms with Gasteiger partial charge in [0, 0.05) is 13.0 Å². The summed E-state index contributed by atoms with van der Waals surface area (Å²) in [5, 5.41) is 2.88. The molecule has 0 radical (unpaired) electrons. The van der Waals surface area contributed by atoms with E-state index in [2.05, 4.69) is 5.32 Å². The number of thioether (sulfide) groups is 1. The predicted molar refractivity (Wildman–Crippen MR) is 133 cm³/mol. The molecule has 1 N–H and O–H groups in total. The molecule has 2 aromatic rings. The molecule has 0 bridgehead atoms. The minimum Gasteiger partial charge on any atom is -0.495 e. The lowest BCUT2D eigenvalue weighted by Gasteiger charge is -2.14. The van der Waals surface area contributed by atoms with E-state index >= 15 is 0 Å². The standard InChI is InChI=1S/C24H24N2O5S2/c1-29-18-8-5-4-7-17(18)25-22(27)9-3-2-6-12-26-23(28)21(33-24(26)32)14-16-10-11-19-20(13-16)31-15-30-19/h4-5,7-8,10-11,13-14H,2-3,6,9,12,15H2,1H3,(H,25,27). The van der Waals surface area contributed by atoms with E-state index in [1.165, 1.54) is 11.8 Å². The van der Waals surface area contributed by atoms with Crippen molar-refractivity contribution in [1.29, 1.82) is 0 Å². The molecule has 2 aliphatic rings. The first-order valence-corrected chi connectivity index (χ1v) is 11.9. The number of rotatable bonds is 9. The maximum Gasteiger partial charge on any atom is 0.266 e. The molecular weight excluding hydrogens is 460 g/mol. The molecule has 7 nitrogen and oxygen atoms in total. The van der Waals surface area contributed by atoms with Crippen LogP contribution in [0, 0.1) is 0 Å². The van der Waals surface area contributed by atoms with E-state index in [9.17, 15) is 9.59 Å². The summed E-state index contributed by atoms with van der Waals surface area (Å²) in [5.41, 5.74) is 1.53. The van der Waals surface area contributed by atoms with Gasteiger partial charge in [-0.1, -0.05) is 48.6 Å². The molecule has 33 heavy (non-hydrogen) atoms. The quantitative estimate of drug-likeness (QED) is 0.310. The van der Waals surface area contributed by atoms with Crippen molar-refractivity contribution in [3.8, 4) is 17.2 Å². The fourth-order valence-corrected chi connectivity index (χ4v) is 4.85. The summed E-state index contributed by atoms with van der Waals surface area (Å²) < 4.78 is 16.5. The smallest absolute Gasteiger partial charge is 0.266 e. The molecule has 0 aliphatic carbocycles. The lowest BCUT2D eigenvalue weighted by atomic mass is 10.1. The van der Waals surface area contributed by atoms with E-state index in [0.29, 0.717) is 45.1 Å². The molecular formula is C24H24N2O5S2. The Morgan fingerprint density at radius 2 is 2.00 bits per heavy atom. The molecule has 0 unspecified atom stereocenters. The van der Waals surface area contributed by atoms with E-state index in [1.54, 1.807) is 18.1 Å². The van der Waals surface area contributed by atoms with Gasteiger partial charge in [-0.05, 0) is 48.7 Å². The van der Waals surface area contributed by atoms with E-state index in [4.69, 9.17) is 26.4 Å². The number of anilines is 1. The maximum absolute atomic E-state index is 12.8. The predicted octanol–water partition coefficient (Wildman–Crippen LogP) is 4.82. The van der Waals surface area contributed by atoms with Crippen molar-refractivity contribution in [3.63, 3.8) is 0 Å². The van der Waals surface area contributed by atoms with Crippen LogP contribution in [0.3, 0.4) is 0 Å². The molecule has 2 aromatic carbocycles. The minimum absolute atomic E-state index is 0.0585. The van der Waals surface area contributed by atoms with Crippen molar-refractivity contribution in [2.75, 3.05) is 25.8 Å². The Bertz CT molecular complexity index is 1100. The number of carbonyl (C=O) groups is 2. The van der Waals surface area contributed by atoms with Crippen LogP contribution in [0.25, 0.3) is 6.08 Å². The SMILES string of the molecule is COc1ccccc1NC(=O)CCCCCN1C(=O)C(=Cc2ccc3c(c2)OCO3)SC1=S. The molecule has 0 spiro atoms. The number of amides is 2. The second kappa shape index (κ2) is 10.7. The maximum atomic E-state index is 12.8. The summed E-state index contributed by atoms with van der Waals surface area (Å²) in [6, 6.07) is 12.9. The van der Waals surface area contributed by atoms with Crippen molar-refractivity contribution in [1.82, 2.24) is 4.90 Å². The number of fused-ring (bicyclic) bond motifs is 1. The first-order chi connectivity index (χ1) is 16.0. The third-order valence-electron chi connectivity index (χ3n) is 5.23. The van der Waals surface area contributed by atoms with Gasteiger partial charge in [-0.2, -0.15) is 0 Å². The third-order valence-corrected chi connectivity index (χ3v) is 6.61. The van der Waals surface area contributed by atoms with Crippen LogP contribution in [-0.4, -0.2) is 41.5 Å². The Hall–Kier alpha value is -3.04. The number of benzene rings is 2. The molecule has 0 aromatic heterocycles. The van der Waals surface area contributed by atoms with Crippen LogP contribution < -0.4 is 19.5 Å². The summed E-state index contributed by atoms with van der Waals surface area (Å²) in [6.07, 6.45) is 4.54. The molecule has 4 rings (SSSR count). The number of unbranched alkanes of at least 4 members (excludes halogenated alkanes) is 2. The largest absolute Gasteiger partial charge is 0.495 e. The Morgan fingerprint density at radius 3 is 2.85 bits per heavy atom. The summed E-state index contributed by atoms with van der Waals surface area (Å²) in [6.45, 7) is 0.750. The number of thiocarbonyl (C=S) groups is 1. The van der Waals surface area contributed by atoms with Gasteiger partial charge in [0.2, 0.25) is 12.7 Å². The number of para-hydroxylation sites is 2. The zero-order valence-electron chi connectivity index (χ0n) is 18.2. The van der Waals surface area contributed by atoms with E-state index < -0.39 is 0 Å². The van der Waals surface area contributed by atoms with Gasteiger partial charge >= 0.3 is 0 Å². The van der Waals surface area contributed by atoms with Crippen molar-refractivity contribution in [3.05, 3.63) is 52.9 Å². The Kier molecular flexibility index (Phi) is 7.51.